The molecule has 0 aromatic carbocycles. The largest absolute Gasteiger partial charge is 0.492 e. The van der Waals surface area contributed by atoms with Crippen molar-refractivity contribution < 1.29 is 13.9 Å². The standard InChI is InChI=1S/C8H5FO2S/c9-8-5(1-2-12-8)6-3-11-4-7(6)10/h1-3H,4H2. The molecule has 62 valence electrons. The molecule has 0 saturated carbocycles. The number of halogens is 1. The van der Waals surface area contributed by atoms with E-state index in [9.17, 15) is 9.18 Å². The molecule has 1 aromatic rings. The molecular weight excluding hydrogens is 179 g/mol. The smallest absolute Gasteiger partial charge is 0.203 e. The summed E-state index contributed by atoms with van der Waals surface area (Å²) in [4.78, 5) is 11.1. The Morgan fingerprint density at radius 1 is 1.58 bits per heavy atom. The van der Waals surface area contributed by atoms with Crippen LogP contribution >= 0.6 is 11.3 Å². The van der Waals surface area contributed by atoms with E-state index >= 15 is 0 Å². The zero-order valence-corrected chi connectivity index (χ0v) is 6.86. The minimum atomic E-state index is -0.333. The number of rotatable bonds is 1. The van der Waals surface area contributed by atoms with Gasteiger partial charge >= 0.3 is 0 Å². The predicted molar refractivity (Wildman–Crippen MR) is 43.2 cm³/mol. The van der Waals surface area contributed by atoms with E-state index in [-0.39, 0.29) is 17.5 Å². The lowest BCUT2D eigenvalue weighted by atomic mass is 10.1. The fourth-order valence-corrected chi connectivity index (χ4v) is 1.67. The van der Waals surface area contributed by atoms with Gasteiger partial charge in [0.05, 0.1) is 11.8 Å². The summed E-state index contributed by atoms with van der Waals surface area (Å²) in [6.45, 7) is 0.0324. The lowest BCUT2D eigenvalue weighted by Gasteiger charge is -1.92. The number of thiophene rings is 1. The Hall–Kier alpha value is -1.16. The van der Waals surface area contributed by atoms with E-state index in [0.717, 1.165) is 11.3 Å². The maximum Gasteiger partial charge on any atom is 0.203 e. The van der Waals surface area contributed by atoms with Crippen LogP contribution in [-0.2, 0) is 9.53 Å². The van der Waals surface area contributed by atoms with Gasteiger partial charge in [-0.15, -0.1) is 11.3 Å². The van der Waals surface area contributed by atoms with Crippen LogP contribution in [0.15, 0.2) is 17.7 Å². The zero-order valence-electron chi connectivity index (χ0n) is 6.04. The van der Waals surface area contributed by atoms with Crippen molar-refractivity contribution >= 4 is 22.7 Å². The second-order valence-electron chi connectivity index (χ2n) is 2.37. The van der Waals surface area contributed by atoms with Gasteiger partial charge in [-0.25, -0.2) is 0 Å². The van der Waals surface area contributed by atoms with E-state index in [0.29, 0.717) is 11.1 Å². The quantitative estimate of drug-likeness (QED) is 0.665. The molecule has 0 bridgehead atoms. The molecule has 1 aliphatic heterocycles. The number of carbonyl (C=O) groups excluding carboxylic acids is 1. The number of hydrogen-bond donors (Lipinski definition) is 0. The summed E-state index contributed by atoms with van der Waals surface area (Å²) in [6.07, 6.45) is 1.31. The van der Waals surface area contributed by atoms with E-state index in [2.05, 4.69) is 0 Å². The third-order valence-corrected chi connectivity index (χ3v) is 2.32. The van der Waals surface area contributed by atoms with E-state index in [1.165, 1.54) is 6.26 Å². The van der Waals surface area contributed by atoms with Crippen molar-refractivity contribution in [3.05, 3.63) is 28.4 Å². The molecule has 0 amide bonds. The maximum absolute atomic E-state index is 12.9. The van der Waals surface area contributed by atoms with Crippen LogP contribution < -0.4 is 0 Å². The van der Waals surface area contributed by atoms with Crippen molar-refractivity contribution in [2.45, 2.75) is 0 Å². The Morgan fingerprint density at radius 2 is 2.42 bits per heavy atom. The third kappa shape index (κ3) is 1.04. The van der Waals surface area contributed by atoms with Gasteiger partial charge in [0.1, 0.15) is 0 Å². The third-order valence-electron chi connectivity index (χ3n) is 1.62. The Balaban J connectivity index is 2.43. The molecule has 0 aliphatic carbocycles. The van der Waals surface area contributed by atoms with Gasteiger partial charge in [0.2, 0.25) is 5.78 Å². The first-order valence-corrected chi connectivity index (χ1v) is 4.25. The SMILES string of the molecule is O=C1COC=C1c1ccsc1F. The van der Waals surface area contributed by atoms with Gasteiger partial charge in [0, 0.05) is 5.56 Å². The normalized spacial score (nSPS) is 16.1. The molecule has 0 N–H and O–H groups in total. The van der Waals surface area contributed by atoms with Crippen LogP contribution in [-0.4, -0.2) is 12.4 Å². The fraction of sp³-hybridized carbons (Fsp3) is 0.125. The van der Waals surface area contributed by atoms with Crippen molar-refractivity contribution in [2.24, 2.45) is 0 Å². The van der Waals surface area contributed by atoms with Gasteiger partial charge < -0.3 is 4.74 Å². The van der Waals surface area contributed by atoms with Gasteiger partial charge in [-0.1, -0.05) is 0 Å². The highest BCUT2D eigenvalue weighted by atomic mass is 32.1. The van der Waals surface area contributed by atoms with Crippen LogP contribution in [0.4, 0.5) is 4.39 Å². The number of hydrogen-bond acceptors (Lipinski definition) is 3. The fourth-order valence-electron chi connectivity index (χ4n) is 1.04. The van der Waals surface area contributed by atoms with Crippen LogP contribution in [0.3, 0.4) is 0 Å². The van der Waals surface area contributed by atoms with Gasteiger partial charge in [-0.2, -0.15) is 4.39 Å². The van der Waals surface area contributed by atoms with E-state index < -0.39 is 0 Å². The second kappa shape index (κ2) is 2.71. The van der Waals surface area contributed by atoms with Crippen molar-refractivity contribution in [2.75, 3.05) is 6.61 Å². The number of Topliss-reactive ketones (excluding diaryl/α,β-unsaturated/α-hetero) is 1. The Morgan fingerprint density at radius 3 is 2.92 bits per heavy atom. The summed E-state index contributed by atoms with van der Waals surface area (Å²) >= 11 is 0.978. The molecule has 0 radical (unpaired) electrons. The van der Waals surface area contributed by atoms with Gasteiger partial charge in [-0.3, -0.25) is 4.79 Å². The minimum Gasteiger partial charge on any atom is -0.492 e. The molecule has 0 atom stereocenters. The highest BCUT2D eigenvalue weighted by molar-refractivity contribution is 7.08. The molecule has 4 heteroatoms. The molecule has 2 rings (SSSR count). The minimum absolute atomic E-state index is 0.0324. The highest BCUT2D eigenvalue weighted by Gasteiger charge is 2.21. The lowest BCUT2D eigenvalue weighted by Crippen LogP contribution is -2.00. The summed E-state index contributed by atoms with van der Waals surface area (Å²) in [5.74, 6) is -0.160. The molecule has 0 spiro atoms. The molecule has 0 unspecified atom stereocenters. The van der Waals surface area contributed by atoms with Crippen LogP contribution in [0.1, 0.15) is 5.56 Å². The summed E-state index contributed by atoms with van der Waals surface area (Å²) in [5.41, 5.74) is 0.691. The molecule has 2 nitrogen and oxygen atoms in total. The highest BCUT2D eigenvalue weighted by Crippen LogP contribution is 2.26. The Labute approximate surface area is 72.3 Å². The van der Waals surface area contributed by atoms with Crippen LogP contribution in [0, 0.1) is 5.13 Å². The average Bonchev–Trinajstić information content (AvgIpc) is 2.59. The molecule has 0 saturated heterocycles. The topological polar surface area (TPSA) is 26.3 Å². The first-order valence-electron chi connectivity index (χ1n) is 3.37. The van der Waals surface area contributed by atoms with Gasteiger partial charge in [-0.05, 0) is 11.4 Å². The van der Waals surface area contributed by atoms with Crippen molar-refractivity contribution in [3.8, 4) is 0 Å². The Bertz CT molecular complexity index is 354. The van der Waals surface area contributed by atoms with E-state index in [1.807, 2.05) is 0 Å². The van der Waals surface area contributed by atoms with Gasteiger partial charge in [0.25, 0.3) is 0 Å². The van der Waals surface area contributed by atoms with Crippen LogP contribution in [0.25, 0.3) is 5.57 Å². The van der Waals surface area contributed by atoms with Crippen LogP contribution in [0.5, 0.6) is 0 Å². The molecule has 1 aromatic heterocycles. The lowest BCUT2D eigenvalue weighted by molar-refractivity contribution is -0.115. The summed E-state index contributed by atoms with van der Waals surface area (Å²) in [7, 11) is 0. The summed E-state index contributed by atoms with van der Waals surface area (Å²) < 4.78 is 17.7. The summed E-state index contributed by atoms with van der Waals surface area (Å²) in [5, 5.41) is 1.28. The molecule has 0 fully saturated rings. The monoisotopic (exact) mass is 184 g/mol. The van der Waals surface area contributed by atoms with Crippen LogP contribution in [0.2, 0.25) is 0 Å². The van der Waals surface area contributed by atoms with Crippen molar-refractivity contribution in [1.82, 2.24) is 0 Å². The zero-order chi connectivity index (χ0) is 8.55. The molecule has 2 heterocycles. The molecule has 1 aliphatic rings. The first kappa shape index (κ1) is 7.49. The molecule has 12 heavy (non-hydrogen) atoms. The number of ether oxygens (including phenoxy) is 1. The maximum atomic E-state index is 12.9. The van der Waals surface area contributed by atoms with E-state index in [1.54, 1.807) is 11.4 Å². The van der Waals surface area contributed by atoms with Gasteiger partial charge in [0.15, 0.2) is 11.7 Å². The Kier molecular flexibility index (Phi) is 1.69. The second-order valence-corrected chi connectivity index (χ2v) is 3.24. The predicted octanol–water partition coefficient (Wildman–Crippen LogP) is 1.83. The van der Waals surface area contributed by atoms with Crippen molar-refractivity contribution in [3.63, 3.8) is 0 Å². The van der Waals surface area contributed by atoms with Crippen molar-refractivity contribution in [1.29, 1.82) is 0 Å². The summed E-state index contributed by atoms with van der Waals surface area (Å²) in [6, 6.07) is 1.58. The number of ketones is 1. The number of carbonyl (C=O) groups is 1. The molecular formula is C8H5FO2S. The average molecular weight is 184 g/mol. The first-order chi connectivity index (χ1) is 5.79. The van der Waals surface area contributed by atoms with E-state index in [4.69, 9.17) is 4.74 Å².